The van der Waals surface area contributed by atoms with E-state index in [1.165, 1.54) is 12.1 Å². The first-order chi connectivity index (χ1) is 9.73. The van der Waals surface area contributed by atoms with Crippen molar-refractivity contribution in [2.45, 2.75) is 39.0 Å². The number of H-pyrrole nitrogens is 1. The van der Waals surface area contributed by atoms with E-state index >= 15 is 0 Å². The third kappa shape index (κ3) is 2.82. The van der Waals surface area contributed by atoms with E-state index < -0.39 is 5.41 Å². The molecule has 112 valence electrons. The number of hydrogen-bond acceptors (Lipinski definition) is 3. The van der Waals surface area contributed by atoms with Gasteiger partial charge >= 0.3 is 0 Å². The highest BCUT2D eigenvalue weighted by Crippen LogP contribution is 2.30. The molecule has 2 N–H and O–H groups in total. The van der Waals surface area contributed by atoms with Crippen molar-refractivity contribution in [3.05, 3.63) is 57.4 Å². The minimum Gasteiger partial charge on any atom is -0.493 e. The van der Waals surface area contributed by atoms with Crippen LogP contribution >= 0.6 is 0 Å². The van der Waals surface area contributed by atoms with Gasteiger partial charge in [0.05, 0.1) is 5.56 Å². The number of aromatic nitrogens is 2. The molecule has 4 nitrogen and oxygen atoms in total. The third-order valence-corrected chi connectivity index (χ3v) is 3.67. The van der Waals surface area contributed by atoms with Crippen LogP contribution in [-0.2, 0) is 5.41 Å². The predicted octanol–water partition coefficient (Wildman–Crippen LogP) is 3.06. The number of nitrogens with zero attached hydrogens (tertiary/aromatic N) is 1. The van der Waals surface area contributed by atoms with Crippen molar-refractivity contribution in [3.8, 4) is 5.88 Å². The van der Waals surface area contributed by atoms with Crippen LogP contribution < -0.4 is 5.56 Å². The Kier molecular flexibility index (Phi) is 3.85. The lowest BCUT2D eigenvalue weighted by Crippen LogP contribution is -2.28. The maximum atomic E-state index is 13.0. The summed E-state index contributed by atoms with van der Waals surface area (Å²) >= 11 is 0. The zero-order chi connectivity index (χ0) is 15.8. The molecule has 1 heterocycles. The molecule has 2 rings (SSSR count). The molecule has 0 saturated carbocycles. The van der Waals surface area contributed by atoms with Crippen molar-refractivity contribution < 1.29 is 9.50 Å². The molecular formula is C16H19FN2O2. The van der Waals surface area contributed by atoms with Crippen LogP contribution in [0.3, 0.4) is 0 Å². The number of rotatable bonds is 3. The number of nitrogens with one attached hydrogen (secondary N) is 1. The van der Waals surface area contributed by atoms with Gasteiger partial charge in [0.25, 0.3) is 5.56 Å². The van der Waals surface area contributed by atoms with Crippen LogP contribution in [0, 0.1) is 5.82 Å². The lowest BCUT2D eigenvalue weighted by atomic mass is 9.83. The van der Waals surface area contributed by atoms with Crippen molar-refractivity contribution in [1.82, 2.24) is 9.97 Å². The van der Waals surface area contributed by atoms with Gasteiger partial charge in [0.2, 0.25) is 5.88 Å². The second-order valence-corrected chi connectivity index (χ2v) is 5.94. The van der Waals surface area contributed by atoms with E-state index in [4.69, 9.17) is 0 Å². The zero-order valence-corrected chi connectivity index (χ0v) is 12.6. The molecule has 0 unspecified atom stereocenters. The van der Waals surface area contributed by atoms with Crippen molar-refractivity contribution in [2.75, 3.05) is 0 Å². The van der Waals surface area contributed by atoms with E-state index in [1.54, 1.807) is 12.1 Å². The summed E-state index contributed by atoms with van der Waals surface area (Å²) in [6.07, 6.45) is 0. The highest BCUT2D eigenvalue weighted by molar-refractivity contribution is 5.34. The molecule has 0 amide bonds. The van der Waals surface area contributed by atoms with Crippen LogP contribution in [0.25, 0.3) is 0 Å². The molecule has 0 aliphatic carbocycles. The summed E-state index contributed by atoms with van der Waals surface area (Å²) in [5, 5.41) is 10.0. The highest BCUT2D eigenvalue weighted by atomic mass is 19.1. The van der Waals surface area contributed by atoms with E-state index in [9.17, 15) is 14.3 Å². The summed E-state index contributed by atoms with van der Waals surface area (Å²) in [5.41, 5.74) is 0.0694. The molecule has 0 radical (unpaired) electrons. The Morgan fingerprint density at radius 3 is 2.29 bits per heavy atom. The first kappa shape index (κ1) is 15.2. The van der Waals surface area contributed by atoms with E-state index in [0.29, 0.717) is 5.82 Å². The van der Waals surface area contributed by atoms with Gasteiger partial charge in [0, 0.05) is 5.41 Å². The maximum Gasteiger partial charge on any atom is 0.258 e. The van der Waals surface area contributed by atoms with Crippen LogP contribution in [0.15, 0.2) is 29.1 Å². The Morgan fingerprint density at radius 2 is 1.81 bits per heavy atom. The minimum atomic E-state index is -0.653. The molecule has 0 fully saturated rings. The van der Waals surface area contributed by atoms with Crippen molar-refractivity contribution >= 4 is 0 Å². The van der Waals surface area contributed by atoms with E-state index in [2.05, 4.69) is 9.97 Å². The summed E-state index contributed by atoms with van der Waals surface area (Å²) in [5.74, 6) is -0.349. The molecule has 2 aromatic rings. The molecule has 0 aliphatic rings. The van der Waals surface area contributed by atoms with Crippen LogP contribution in [0.5, 0.6) is 5.88 Å². The molecule has 0 aliphatic heterocycles. The topological polar surface area (TPSA) is 66.0 Å². The van der Waals surface area contributed by atoms with Crippen LogP contribution in [0.2, 0.25) is 0 Å². The van der Waals surface area contributed by atoms with Crippen molar-refractivity contribution in [2.24, 2.45) is 0 Å². The number of benzene rings is 1. The lowest BCUT2D eigenvalue weighted by Gasteiger charge is -2.24. The van der Waals surface area contributed by atoms with Gasteiger partial charge < -0.3 is 10.1 Å². The molecule has 5 heteroatoms. The van der Waals surface area contributed by atoms with Gasteiger partial charge in [-0.25, -0.2) is 4.39 Å². The first-order valence-electron chi connectivity index (χ1n) is 6.83. The Bertz CT molecular complexity index is 703. The van der Waals surface area contributed by atoms with Gasteiger partial charge in [-0.2, -0.15) is 4.98 Å². The summed E-state index contributed by atoms with van der Waals surface area (Å²) < 4.78 is 13.0. The van der Waals surface area contributed by atoms with Gasteiger partial charge in [-0.3, -0.25) is 4.79 Å². The molecule has 0 saturated heterocycles. The monoisotopic (exact) mass is 290 g/mol. The van der Waals surface area contributed by atoms with Crippen molar-refractivity contribution in [1.29, 1.82) is 0 Å². The van der Waals surface area contributed by atoms with Gasteiger partial charge in [0.15, 0.2) is 0 Å². The van der Waals surface area contributed by atoms with Crippen LogP contribution in [0.4, 0.5) is 4.39 Å². The Balaban J connectivity index is 2.55. The SMILES string of the molecule is CC(C)c1c(O)nc(C(C)(C)c2ccc(F)cc2)[nH]c1=O. The molecule has 0 atom stereocenters. The minimum absolute atomic E-state index is 0.121. The summed E-state index contributed by atoms with van der Waals surface area (Å²) in [7, 11) is 0. The quantitative estimate of drug-likeness (QED) is 0.913. The second kappa shape index (κ2) is 5.31. The summed E-state index contributed by atoms with van der Waals surface area (Å²) in [6.45, 7) is 7.34. The van der Waals surface area contributed by atoms with E-state index in [0.717, 1.165) is 5.56 Å². The Hall–Kier alpha value is -2.17. The van der Waals surface area contributed by atoms with Gasteiger partial charge in [-0.15, -0.1) is 0 Å². The fourth-order valence-electron chi connectivity index (χ4n) is 2.29. The summed E-state index contributed by atoms with van der Waals surface area (Å²) in [6, 6.07) is 6.00. The molecular weight excluding hydrogens is 271 g/mol. The number of hydrogen-bond donors (Lipinski definition) is 2. The zero-order valence-electron chi connectivity index (χ0n) is 12.6. The average molecular weight is 290 g/mol. The Morgan fingerprint density at radius 1 is 1.24 bits per heavy atom. The highest BCUT2D eigenvalue weighted by Gasteiger charge is 2.28. The predicted molar refractivity (Wildman–Crippen MR) is 79.1 cm³/mol. The molecule has 0 bridgehead atoms. The van der Waals surface area contributed by atoms with Gasteiger partial charge in [-0.1, -0.05) is 26.0 Å². The Labute approximate surface area is 122 Å². The number of aromatic hydroxyl groups is 1. The maximum absolute atomic E-state index is 13.0. The fourth-order valence-corrected chi connectivity index (χ4v) is 2.29. The molecule has 0 spiro atoms. The van der Waals surface area contributed by atoms with Gasteiger partial charge in [0.1, 0.15) is 11.6 Å². The smallest absolute Gasteiger partial charge is 0.258 e. The third-order valence-electron chi connectivity index (χ3n) is 3.67. The van der Waals surface area contributed by atoms with Gasteiger partial charge in [-0.05, 0) is 37.5 Å². The molecule has 21 heavy (non-hydrogen) atoms. The van der Waals surface area contributed by atoms with Crippen LogP contribution in [-0.4, -0.2) is 15.1 Å². The lowest BCUT2D eigenvalue weighted by molar-refractivity contribution is 0.427. The number of aromatic amines is 1. The van der Waals surface area contributed by atoms with Crippen LogP contribution in [0.1, 0.15) is 50.6 Å². The fraction of sp³-hybridized carbons (Fsp3) is 0.375. The standard InChI is InChI=1S/C16H19FN2O2/c1-9(2)12-13(20)18-15(19-14(12)21)16(3,4)10-5-7-11(17)8-6-10/h5-9H,1-4H3,(H2,18,19,20,21). The van der Waals surface area contributed by atoms with E-state index in [-0.39, 0.29) is 28.7 Å². The number of halogens is 1. The molecule has 1 aromatic heterocycles. The summed E-state index contributed by atoms with van der Waals surface area (Å²) in [4.78, 5) is 19.0. The van der Waals surface area contributed by atoms with E-state index in [1.807, 2.05) is 27.7 Å². The normalized spacial score (nSPS) is 11.9. The first-order valence-corrected chi connectivity index (χ1v) is 6.83. The largest absolute Gasteiger partial charge is 0.493 e. The average Bonchev–Trinajstić information content (AvgIpc) is 2.37. The second-order valence-electron chi connectivity index (χ2n) is 5.94. The molecule has 1 aromatic carbocycles. The van der Waals surface area contributed by atoms with Crippen molar-refractivity contribution in [3.63, 3.8) is 0 Å².